The summed E-state index contributed by atoms with van der Waals surface area (Å²) in [6.07, 6.45) is 1.02. The summed E-state index contributed by atoms with van der Waals surface area (Å²) >= 11 is 8.81. The van der Waals surface area contributed by atoms with Gasteiger partial charge < -0.3 is 5.32 Å². The Morgan fingerprint density at radius 1 is 1.11 bits per heavy atom. The molecule has 1 aromatic carbocycles. The smallest absolute Gasteiger partial charge is 0.0701 e. The molecule has 1 N–H and O–H groups in total. The maximum atomic E-state index is 3.55. The number of nitrogens with one attached hydrogen (secondary N) is 1. The van der Waals surface area contributed by atoms with Gasteiger partial charge in [-0.15, -0.1) is 11.3 Å². The first kappa shape index (κ1) is 14.3. The Morgan fingerprint density at radius 2 is 1.83 bits per heavy atom. The molecule has 96 valence electrons. The molecule has 2 rings (SSSR count). The van der Waals surface area contributed by atoms with Crippen molar-refractivity contribution in [2.45, 2.75) is 19.4 Å². The summed E-state index contributed by atoms with van der Waals surface area (Å²) in [6, 6.07) is 13.3. The average Bonchev–Trinajstić information content (AvgIpc) is 2.78. The Labute approximate surface area is 129 Å². The third-order valence-electron chi connectivity index (χ3n) is 2.74. The lowest BCUT2D eigenvalue weighted by atomic mass is 10.0. The quantitative estimate of drug-likeness (QED) is 0.745. The van der Waals surface area contributed by atoms with Gasteiger partial charge in [0, 0.05) is 15.4 Å². The normalized spacial score (nSPS) is 12.6. The Balaban J connectivity index is 2.13. The van der Waals surface area contributed by atoms with Gasteiger partial charge in [0.15, 0.2) is 0 Å². The maximum absolute atomic E-state index is 3.55. The second-order valence-electron chi connectivity index (χ2n) is 4.08. The van der Waals surface area contributed by atoms with E-state index in [1.165, 1.54) is 14.2 Å². The standard InChI is InChI=1S/C14H15Br2NS/c1-2-17-12(13-7-8-14(16)18-13)9-10-3-5-11(15)6-4-10/h3-8,12,17H,2,9H2,1H3. The Hall–Kier alpha value is -0.160. The zero-order valence-corrected chi connectivity index (χ0v) is 14.1. The van der Waals surface area contributed by atoms with E-state index in [1.54, 1.807) is 11.3 Å². The molecular formula is C14H15Br2NS. The number of likely N-dealkylation sites (N-methyl/N-ethyl adjacent to an activating group) is 1. The average molecular weight is 389 g/mol. The molecule has 0 saturated heterocycles. The van der Waals surface area contributed by atoms with Gasteiger partial charge in [-0.3, -0.25) is 0 Å². The molecule has 1 aromatic heterocycles. The Morgan fingerprint density at radius 3 is 2.39 bits per heavy atom. The van der Waals surface area contributed by atoms with Crippen LogP contribution in [0.5, 0.6) is 0 Å². The summed E-state index contributed by atoms with van der Waals surface area (Å²) in [5.74, 6) is 0. The molecule has 1 atom stereocenters. The molecule has 0 amide bonds. The third-order valence-corrected chi connectivity index (χ3v) is 5.01. The summed E-state index contributed by atoms with van der Waals surface area (Å²) in [5.41, 5.74) is 1.36. The molecule has 0 bridgehead atoms. The van der Waals surface area contributed by atoms with Crippen molar-refractivity contribution in [2.24, 2.45) is 0 Å². The minimum atomic E-state index is 0.396. The van der Waals surface area contributed by atoms with Crippen molar-refractivity contribution in [2.75, 3.05) is 6.54 Å². The summed E-state index contributed by atoms with van der Waals surface area (Å²) in [6.45, 7) is 3.13. The number of rotatable bonds is 5. The number of hydrogen-bond donors (Lipinski definition) is 1. The first-order chi connectivity index (χ1) is 8.69. The molecule has 1 nitrogen and oxygen atoms in total. The molecule has 0 radical (unpaired) electrons. The van der Waals surface area contributed by atoms with Gasteiger partial charge in [-0.25, -0.2) is 0 Å². The van der Waals surface area contributed by atoms with Crippen LogP contribution in [-0.2, 0) is 6.42 Å². The molecule has 18 heavy (non-hydrogen) atoms. The third kappa shape index (κ3) is 3.92. The van der Waals surface area contributed by atoms with E-state index in [0.29, 0.717) is 6.04 Å². The zero-order valence-electron chi connectivity index (χ0n) is 10.1. The highest BCUT2D eigenvalue weighted by atomic mass is 79.9. The Kier molecular flexibility index (Phi) is 5.42. The minimum absolute atomic E-state index is 0.396. The molecule has 2 aromatic rings. The minimum Gasteiger partial charge on any atom is -0.309 e. The lowest BCUT2D eigenvalue weighted by molar-refractivity contribution is 0.558. The fourth-order valence-corrected chi connectivity index (χ4v) is 3.65. The summed E-state index contributed by atoms with van der Waals surface area (Å²) in [5, 5.41) is 3.55. The van der Waals surface area contributed by atoms with Crippen molar-refractivity contribution in [1.82, 2.24) is 5.32 Å². The van der Waals surface area contributed by atoms with Crippen molar-refractivity contribution in [3.8, 4) is 0 Å². The van der Waals surface area contributed by atoms with E-state index in [9.17, 15) is 0 Å². The molecule has 0 aliphatic rings. The second kappa shape index (κ2) is 6.85. The maximum Gasteiger partial charge on any atom is 0.0701 e. The molecule has 0 fully saturated rings. The van der Waals surface area contributed by atoms with Crippen LogP contribution >= 0.6 is 43.2 Å². The van der Waals surface area contributed by atoms with Crippen molar-refractivity contribution in [3.05, 3.63) is 55.1 Å². The van der Waals surface area contributed by atoms with E-state index >= 15 is 0 Å². The van der Waals surface area contributed by atoms with Crippen LogP contribution in [-0.4, -0.2) is 6.54 Å². The first-order valence-corrected chi connectivity index (χ1v) is 8.32. The largest absolute Gasteiger partial charge is 0.309 e. The Bertz CT molecular complexity index is 493. The molecule has 1 heterocycles. The fraction of sp³-hybridized carbons (Fsp3) is 0.286. The van der Waals surface area contributed by atoms with E-state index in [1.807, 2.05) is 0 Å². The molecule has 0 saturated carbocycles. The summed E-state index contributed by atoms with van der Waals surface area (Å²) in [7, 11) is 0. The number of benzene rings is 1. The number of hydrogen-bond acceptors (Lipinski definition) is 2. The van der Waals surface area contributed by atoms with Crippen LogP contribution in [0.4, 0.5) is 0 Å². The van der Waals surface area contributed by atoms with Crippen molar-refractivity contribution in [3.63, 3.8) is 0 Å². The summed E-state index contributed by atoms with van der Waals surface area (Å²) < 4.78 is 2.32. The predicted molar refractivity (Wildman–Crippen MR) is 86.3 cm³/mol. The number of halogens is 2. The molecular weight excluding hydrogens is 374 g/mol. The van der Waals surface area contributed by atoms with Gasteiger partial charge in [-0.05, 0) is 58.7 Å². The van der Waals surface area contributed by atoms with E-state index in [2.05, 4.69) is 80.5 Å². The second-order valence-corrected chi connectivity index (χ2v) is 7.49. The van der Waals surface area contributed by atoms with E-state index in [4.69, 9.17) is 0 Å². The van der Waals surface area contributed by atoms with Crippen molar-refractivity contribution >= 4 is 43.2 Å². The van der Waals surface area contributed by atoms with Crippen LogP contribution in [0.15, 0.2) is 44.7 Å². The van der Waals surface area contributed by atoms with Crippen molar-refractivity contribution in [1.29, 1.82) is 0 Å². The van der Waals surface area contributed by atoms with Gasteiger partial charge in [0.25, 0.3) is 0 Å². The van der Waals surface area contributed by atoms with Crippen LogP contribution < -0.4 is 5.32 Å². The van der Waals surface area contributed by atoms with Crippen LogP contribution in [0, 0.1) is 0 Å². The first-order valence-electron chi connectivity index (χ1n) is 5.92. The monoisotopic (exact) mass is 387 g/mol. The van der Waals surface area contributed by atoms with Gasteiger partial charge in [-0.2, -0.15) is 0 Å². The van der Waals surface area contributed by atoms with Gasteiger partial charge in [0.2, 0.25) is 0 Å². The highest BCUT2D eigenvalue weighted by molar-refractivity contribution is 9.11. The molecule has 0 aliphatic heterocycles. The lowest BCUT2D eigenvalue weighted by Crippen LogP contribution is -2.22. The van der Waals surface area contributed by atoms with Gasteiger partial charge in [0.05, 0.1) is 3.79 Å². The van der Waals surface area contributed by atoms with Crippen LogP contribution in [0.25, 0.3) is 0 Å². The van der Waals surface area contributed by atoms with Gasteiger partial charge in [-0.1, -0.05) is 35.0 Å². The van der Waals surface area contributed by atoms with Crippen LogP contribution in [0.1, 0.15) is 23.4 Å². The SMILES string of the molecule is CCNC(Cc1ccc(Br)cc1)c1ccc(Br)s1. The number of thiophene rings is 1. The highest BCUT2D eigenvalue weighted by Crippen LogP contribution is 2.29. The zero-order chi connectivity index (χ0) is 13.0. The molecule has 1 unspecified atom stereocenters. The van der Waals surface area contributed by atoms with Crippen molar-refractivity contribution < 1.29 is 0 Å². The van der Waals surface area contributed by atoms with Crippen LogP contribution in [0.3, 0.4) is 0 Å². The fourth-order valence-electron chi connectivity index (χ4n) is 1.89. The molecule has 0 aliphatic carbocycles. The van der Waals surface area contributed by atoms with Crippen LogP contribution in [0.2, 0.25) is 0 Å². The van der Waals surface area contributed by atoms with E-state index in [0.717, 1.165) is 17.4 Å². The van der Waals surface area contributed by atoms with E-state index in [-0.39, 0.29) is 0 Å². The van der Waals surface area contributed by atoms with Gasteiger partial charge >= 0.3 is 0 Å². The highest BCUT2D eigenvalue weighted by Gasteiger charge is 2.13. The molecule has 0 spiro atoms. The lowest BCUT2D eigenvalue weighted by Gasteiger charge is -2.16. The predicted octanol–water partition coefficient (Wildman–Crippen LogP) is 5.17. The topological polar surface area (TPSA) is 12.0 Å². The summed E-state index contributed by atoms with van der Waals surface area (Å²) in [4.78, 5) is 1.38. The molecule has 4 heteroatoms. The van der Waals surface area contributed by atoms with Gasteiger partial charge in [0.1, 0.15) is 0 Å². The van der Waals surface area contributed by atoms with E-state index < -0.39 is 0 Å².